The number of piperazine rings is 1. The summed E-state index contributed by atoms with van der Waals surface area (Å²) in [7, 11) is 0. The van der Waals surface area contributed by atoms with E-state index in [1.54, 1.807) is 19.3 Å². The van der Waals surface area contributed by atoms with Gasteiger partial charge in [-0.3, -0.25) is 10.1 Å². The lowest BCUT2D eigenvalue weighted by Gasteiger charge is -2.37. The maximum atomic E-state index is 11.0. The van der Waals surface area contributed by atoms with E-state index in [1.165, 1.54) is 0 Å². The monoisotopic (exact) mass is 384 g/mol. The van der Waals surface area contributed by atoms with Crippen LogP contribution in [0.3, 0.4) is 0 Å². The van der Waals surface area contributed by atoms with Crippen molar-refractivity contribution in [3.63, 3.8) is 0 Å². The van der Waals surface area contributed by atoms with Crippen LogP contribution >= 0.6 is 0 Å². The van der Waals surface area contributed by atoms with Crippen molar-refractivity contribution in [1.82, 2.24) is 9.97 Å². The predicted octanol–water partition coefficient (Wildman–Crippen LogP) is 1.86. The fourth-order valence-electron chi connectivity index (χ4n) is 3.71. The molecule has 3 heterocycles. The minimum atomic E-state index is -0.335. The zero-order chi connectivity index (χ0) is 19.5. The number of anilines is 3. The Labute approximate surface area is 163 Å². The van der Waals surface area contributed by atoms with E-state index < -0.39 is 0 Å². The lowest BCUT2D eigenvalue weighted by atomic mass is 10.1. The third-order valence-corrected chi connectivity index (χ3v) is 5.32. The zero-order valence-electron chi connectivity index (χ0n) is 16.0. The second kappa shape index (κ2) is 7.97. The zero-order valence-corrected chi connectivity index (χ0v) is 16.0. The molecule has 0 radical (unpaired) electrons. The smallest absolute Gasteiger partial charge is 0.272 e. The van der Waals surface area contributed by atoms with E-state index in [1.807, 2.05) is 12.1 Å². The van der Waals surface area contributed by atoms with Gasteiger partial charge in [0, 0.05) is 62.7 Å². The first kappa shape index (κ1) is 18.4. The molecule has 2 aliphatic heterocycles. The molecule has 2 aliphatic rings. The predicted molar refractivity (Wildman–Crippen MR) is 107 cm³/mol. The molecule has 2 fully saturated rings. The lowest BCUT2D eigenvalue weighted by Crippen LogP contribution is -2.47. The fraction of sp³-hybridized carbons (Fsp3) is 0.474. The van der Waals surface area contributed by atoms with Gasteiger partial charge < -0.3 is 19.4 Å². The van der Waals surface area contributed by atoms with Gasteiger partial charge in [0.2, 0.25) is 0 Å². The molecule has 0 atom stereocenters. The largest absolute Gasteiger partial charge is 0.378 e. The molecule has 9 heteroatoms. The van der Waals surface area contributed by atoms with Gasteiger partial charge in [-0.25, -0.2) is 9.97 Å². The Kier molecular flexibility index (Phi) is 5.25. The first-order valence-corrected chi connectivity index (χ1v) is 9.51. The molecular weight excluding hydrogens is 360 g/mol. The van der Waals surface area contributed by atoms with Gasteiger partial charge in [0.05, 0.1) is 18.1 Å². The Bertz CT molecular complexity index is 847. The SMILES string of the molecule is Cc1cc(N2CCN(c3cc(N4CCOCC4)ncn3)CC2)ccc1[N+](=O)[O-]. The minimum absolute atomic E-state index is 0.166. The van der Waals surface area contributed by atoms with Gasteiger partial charge >= 0.3 is 0 Å². The lowest BCUT2D eigenvalue weighted by molar-refractivity contribution is -0.385. The van der Waals surface area contributed by atoms with Crippen LogP contribution in [0.1, 0.15) is 5.56 Å². The Balaban J connectivity index is 1.41. The molecule has 28 heavy (non-hydrogen) atoms. The van der Waals surface area contributed by atoms with Crippen LogP contribution in [-0.4, -0.2) is 67.4 Å². The van der Waals surface area contributed by atoms with E-state index in [9.17, 15) is 10.1 Å². The van der Waals surface area contributed by atoms with Crippen LogP contribution in [0.15, 0.2) is 30.6 Å². The Morgan fingerprint density at radius 2 is 1.54 bits per heavy atom. The topological polar surface area (TPSA) is 87.9 Å². The quantitative estimate of drug-likeness (QED) is 0.583. The molecule has 1 aromatic carbocycles. The molecule has 9 nitrogen and oxygen atoms in total. The second-order valence-electron chi connectivity index (χ2n) is 7.04. The first-order valence-electron chi connectivity index (χ1n) is 9.51. The van der Waals surface area contributed by atoms with Crippen molar-refractivity contribution in [3.05, 3.63) is 46.3 Å². The van der Waals surface area contributed by atoms with Crippen molar-refractivity contribution in [2.75, 3.05) is 67.2 Å². The average molecular weight is 384 g/mol. The van der Waals surface area contributed by atoms with Gasteiger partial charge in [-0.05, 0) is 19.1 Å². The average Bonchev–Trinajstić information content (AvgIpc) is 2.74. The summed E-state index contributed by atoms with van der Waals surface area (Å²) in [5.41, 5.74) is 1.88. The molecule has 0 spiro atoms. The maximum absolute atomic E-state index is 11.0. The summed E-state index contributed by atoms with van der Waals surface area (Å²) in [6.45, 7) is 8.31. The molecule has 0 bridgehead atoms. The number of morpholine rings is 1. The van der Waals surface area contributed by atoms with E-state index in [4.69, 9.17) is 4.74 Å². The molecule has 1 aromatic heterocycles. The number of hydrogen-bond acceptors (Lipinski definition) is 8. The van der Waals surface area contributed by atoms with Crippen molar-refractivity contribution < 1.29 is 9.66 Å². The number of rotatable bonds is 4. The summed E-state index contributed by atoms with van der Waals surface area (Å²) in [5, 5.41) is 11.0. The highest BCUT2D eigenvalue weighted by molar-refractivity contribution is 5.57. The van der Waals surface area contributed by atoms with Crippen LogP contribution < -0.4 is 14.7 Å². The van der Waals surface area contributed by atoms with Gasteiger partial charge in [-0.15, -0.1) is 0 Å². The molecule has 4 rings (SSSR count). The number of aryl methyl sites for hydroxylation is 1. The summed E-state index contributed by atoms with van der Waals surface area (Å²) in [6, 6.07) is 7.38. The standard InChI is InChI=1S/C19H24N6O3/c1-15-12-16(2-3-17(15)25(26)27)22-4-6-23(7-5-22)18-13-19(21-14-20-18)24-8-10-28-11-9-24/h2-3,12-14H,4-11H2,1H3. The maximum Gasteiger partial charge on any atom is 0.272 e. The number of nitro benzene ring substituents is 1. The van der Waals surface area contributed by atoms with E-state index in [0.717, 1.165) is 69.8 Å². The summed E-state index contributed by atoms with van der Waals surface area (Å²) in [4.78, 5) is 26.3. The molecular formula is C19H24N6O3. The van der Waals surface area contributed by atoms with Crippen LogP contribution in [-0.2, 0) is 4.74 Å². The van der Waals surface area contributed by atoms with Gasteiger partial charge in [0.15, 0.2) is 0 Å². The summed E-state index contributed by atoms with van der Waals surface area (Å²) in [5.74, 6) is 1.89. The van der Waals surface area contributed by atoms with E-state index in [0.29, 0.717) is 5.56 Å². The normalized spacial score (nSPS) is 17.7. The molecule has 2 saturated heterocycles. The molecule has 0 unspecified atom stereocenters. The van der Waals surface area contributed by atoms with Crippen LogP contribution in [0, 0.1) is 17.0 Å². The molecule has 148 valence electrons. The number of ether oxygens (including phenoxy) is 1. The molecule has 2 aromatic rings. The Hall–Kier alpha value is -2.94. The number of nitrogens with zero attached hydrogens (tertiary/aromatic N) is 6. The van der Waals surface area contributed by atoms with Crippen LogP contribution in [0.25, 0.3) is 0 Å². The summed E-state index contributed by atoms with van der Waals surface area (Å²) < 4.78 is 5.41. The van der Waals surface area contributed by atoms with Gasteiger partial charge in [0.25, 0.3) is 5.69 Å². The fourth-order valence-corrected chi connectivity index (χ4v) is 3.71. The van der Waals surface area contributed by atoms with Crippen LogP contribution in [0.2, 0.25) is 0 Å². The molecule has 0 aliphatic carbocycles. The first-order chi connectivity index (χ1) is 13.6. The van der Waals surface area contributed by atoms with Crippen molar-refractivity contribution in [1.29, 1.82) is 0 Å². The van der Waals surface area contributed by atoms with E-state index >= 15 is 0 Å². The number of hydrogen-bond donors (Lipinski definition) is 0. The summed E-state index contributed by atoms with van der Waals surface area (Å²) >= 11 is 0. The van der Waals surface area contributed by atoms with Crippen molar-refractivity contribution in [3.8, 4) is 0 Å². The third-order valence-electron chi connectivity index (χ3n) is 5.32. The van der Waals surface area contributed by atoms with E-state index in [-0.39, 0.29) is 10.6 Å². The van der Waals surface area contributed by atoms with Gasteiger partial charge in [0.1, 0.15) is 18.0 Å². The summed E-state index contributed by atoms with van der Waals surface area (Å²) in [6.07, 6.45) is 1.63. The van der Waals surface area contributed by atoms with Crippen LogP contribution in [0.4, 0.5) is 23.0 Å². The second-order valence-corrected chi connectivity index (χ2v) is 7.04. The number of nitro groups is 1. The highest BCUT2D eigenvalue weighted by atomic mass is 16.6. The highest BCUT2D eigenvalue weighted by Gasteiger charge is 2.21. The molecule has 0 saturated carbocycles. The van der Waals surface area contributed by atoms with Crippen molar-refractivity contribution in [2.45, 2.75) is 6.92 Å². The van der Waals surface area contributed by atoms with Crippen LogP contribution in [0.5, 0.6) is 0 Å². The molecule has 0 N–H and O–H groups in total. The third kappa shape index (κ3) is 3.84. The highest BCUT2D eigenvalue weighted by Crippen LogP contribution is 2.26. The number of aromatic nitrogens is 2. The van der Waals surface area contributed by atoms with Gasteiger partial charge in [-0.2, -0.15) is 0 Å². The van der Waals surface area contributed by atoms with Crippen molar-refractivity contribution in [2.24, 2.45) is 0 Å². The Morgan fingerprint density at radius 1 is 0.929 bits per heavy atom. The molecule has 0 amide bonds. The van der Waals surface area contributed by atoms with Crippen molar-refractivity contribution >= 4 is 23.0 Å². The van der Waals surface area contributed by atoms with E-state index in [2.05, 4.69) is 30.7 Å². The Morgan fingerprint density at radius 3 is 2.14 bits per heavy atom. The minimum Gasteiger partial charge on any atom is -0.378 e. The van der Waals surface area contributed by atoms with Gasteiger partial charge in [-0.1, -0.05) is 0 Å². The number of benzene rings is 1.